The molecule has 37 heavy (non-hydrogen) atoms. The Balaban J connectivity index is 1.36. The van der Waals surface area contributed by atoms with Crippen LogP contribution in [-0.2, 0) is 13.5 Å². The van der Waals surface area contributed by atoms with E-state index in [2.05, 4.69) is 26.8 Å². The average molecular weight is 492 g/mol. The Labute approximate surface area is 215 Å². The van der Waals surface area contributed by atoms with Crippen molar-refractivity contribution in [1.82, 2.24) is 25.4 Å². The number of H-pyrrole nitrogens is 1. The van der Waals surface area contributed by atoms with Crippen LogP contribution in [-0.4, -0.2) is 40.0 Å². The van der Waals surface area contributed by atoms with Gasteiger partial charge < -0.3 is 15.6 Å². The first-order valence-corrected chi connectivity index (χ1v) is 12.3. The SMILES string of the molecule is CNC(=O)c1ccc(CCN[C@H](C(=O)c2c[nH]c3cc(-c4cnn(C)c4)ccc23)c2ccccc2)cc1. The predicted molar refractivity (Wildman–Crippen MR) is 146 cm³/mol. The molecule has 5 rings (SSSR count). The van der Waals surface area contributed by atoms with Crippen molar-refractivity contribution in [2.45, 2.75) is 12.5 Å². The summed E-state index contributed by atoms with van der Waals surface area (Å²) in [4.78, 5) is 28.9. The van der Waals surface area contributed by atoms with Gasteiger partial charge >= 0.3 is 0 Å². The Morgan fingerprint density at radius 2 is 1.78 bits per heavy atom. The van der Waals surface area contributed by atoms with Crippen molar-refractivity contribution >= 4 is 22.6 Å². The number of aromatic nitrogens is 3. The summed E-state index contributed by atoms with van der Waals surface area (Å²) in [5.74, 6) is -0.0905. The number of ketones is 1. The van der Waals surface area contributed by atoms with E-state index in [9.17, 15) is 9.59 Å². The number of Topliss-reactive ketones (excluding diaryl/α,β-unsaturated/α-hetero) is 1. The van der Waals surface area contributed by atoms with Gasteiger partial charge in [-0.1, -0.05) is 54.6 Å². The fourth-order valence-corrected chi connectivity index (χ4v) is 4.57. The smallest absolute Gasteiger partial charge is 0.251 e. The molecule has 2 aromatic heterocycles. The molecule has 0 aliphatic carbocycles. The van der Waals surface area contributed by atoms with Gasteiger partial charge in [0.05, 0.1) is 12.2 Å². The number of nitrogens with one attached hydrogen (secondary N) is 3. The standard InChI is InChI=1S/C30H29N5O2/c1-31-30(37)22-10-8-20(9-11-22)14-15-32-28(21-6-4-3-5-7-21)29(36)26-18-33-27-16-23(12-13-25(26)27)24-17-34-35(2)19-24/h3-13,16-19,28,32-33H,14-15H2,1-2H3,(H,31,37)/t28-/m0/s1. The second-order valence-electron chi connectivity index (χ2n) is 9.05. The molecule has 0 spiro atoms. The zero-order valence-corrected chi connectivity index (χ0v) is 20.9. The molecule has 0 bridgehead atoms. The van der Waals surface area contributed by atoms with Gasteiger partial charge in [0.1, 0.15) is 0 Å². The topological polar surface area (TPSA) is 91.8 Å². The van der Waals surface area contributed by atoms with E-state index in [4.69, 9.17) is 0 Å². The second-order valence-corrected chi connectivity index (χ2v) is 9.05. The van der Waals surface area contributed by atoms with Crippen LogP contribution >= 0.6 is 0 Å². The summed E-state index contributed by atoms with van der Waals surface area (Å²) in [5, 5.41) is 11.3. The lowest BCUT2D eigenvalue weighted by Gasteiger charge is -2.18. The van der Waals surface area contributed by atoms with Crippen molar-refractivity contribution in [2.24, 2.45) is 7.05 Å². The van der Waals surface area contributed by atoms with Crippen LogP contribution in [0, 0.1) is 0 Å². The van der Waals surface area contributed by atoms with Gasteiger partial charge in [-0.3, -0.25) is 14.3 Å². The van der Waals surface area contributed by atoms with Gasteiger partial charge in [-0.05, 0) is 41.3 Å². The summed E-state index contributed by atoms with van der Waals surface area (Å²) >= 11 is 0. The summed E-state index contributed by atoms with van der Waals surface area (Å²) in [7, 11) is 3.51. The highest BCUT2D eigenvalue weighted by atomic mass is 16.1. The number of benzene rings is 3. The summed E-state index contributed by atoms with van der Waals surface area (Å²) in [5.41, 5.74) is 6.28. The molecule has 0 aliphatic rings. The minimum absolute atomic E-state index is 0.0153. The van der Waals surface area contributed by atoms with Crippen molar-refractivity contribution in [3.63, 3.8) is 0 Å². The minimum atomic E-state index is -0.483. The van der Waals surface area contributed by atoms with E-state index in [1.165, 1.54) is 0 Å². The monoisotopic (exact) mass is 491 g/mol. The van der Waals surface area contributed by atoms with Gasteiger partial charge in [0.2, 0.25) is 0 Å². The number of fused-ring (bicyclic) bond motifs is 1. The first-order chi connectivity index (χ1) is 18.0. The summed E-state index contributed by atoms with van der Waals surface area (Å²) in [6.07, 6.45) is 6.33. The van der Waals surface area contributed by atoms with E-state index in [0.29, 0.717) is 17.7 Å². The first kappa shape index (κ1) is 24.2. The molecule has 0 fully saturated rings. The molecular formula is C30H29N5O2. The van der Waals surface area contributed by atoms with Crippen molar-refractivity contribution in [3.05, 3.63) is 114 Å². The Bertz CT molecular complexity index is 1530. The first-order valence-electron chi connectivity index (χ1n) is 12.3. The summed E-state index contributed by atoms with van der Waals surface area (Å²) < 4.78 is 1.77. The van der Waals surface area contributed by atoms with Crippen LogP contribution in [0.4, 0.5) is 0 Å². The van der Waals surface area contributed by atoms with E-state index in [1.807, 2.05) is 86.2 Å². The zero-order chi connectivity index (χ0) is 25.8. The van der Waals surface area contributed by atoms with Gasteiger partial charge in [0.25, 0.3) is 5.91 Å². The number of aryl methyl sites for hydroxylation is 1. The van der Waals surface area contributed by atoms with Crippen LogP contribution < -0.4 is 10.6 Å². The van der Waals surface area contributed by atoms with Crippen LogP contribution in [0.1, 0.15) is 37.9 Å². The van der Waals surface area contributed by atoms with Crippen LogP contribution in [0.3, 0.4) is 0 Å². The molecule has 3 N–H and O–H groups in total. The predicted octanol–water partition coefficient (Wildman–Crippen LogP) is 4.68. The zero-order valence-electron chi connectivity index (χ0n) is 20.9. The van der Waals surface area contributed by atoms with E-state index in [1.54, 1.807) is 17.9 Å². The van der Waals surface area contributed by atoms with Gasteiger partial charge in [-0.2, -0.15) is 5.10 Å². The van der Waals surface area contributed by atoms with Crippen LogP contribution in [0.2, 0.25) is 0 Å². The molecular weight excluding hydrogens is 462 g/mol. The number of hydrogen-bond acceptors (Lipinski definition) is 4. The lowest BCUT2D eigenvalue weighted by atomic mass is 9.96. The van der Waals surface area contributed by atoms with Gasteiger partial charge in [-0.15, -0.1) is 0 Å². The number of hydrogen-bond donors (Lipinski definition) is 3. The Hall–Kier alpha value is -4.49. The molecule has 0 unspecified atom stereocenters. The van der Waals surface area contributed by atoms with Crippen molar-refractivity contribution < 1.29 is 9.59 Å². The molecule has 1 atom stereocenters. The molecule has 5 aromatic rings. The lowest BCUT2D eigenvalue weighted by molar-refractivity contribution is 0.0941. The maximum absolute atomic E-state index is 13.8. The summed E-state index contributed by atoms with van der Waals surface area (Å²) in [6.45, 7) is 0.609. The maximum Gasteiger partial charge on any atom is 0.251 e. The highest BCUT2D eigenvalue weighted by molar-refractivity contribution is 6.11. The largest absolute Gasteiger partial charge is 0.360 e. The fourth-order valence-electron chi connectivity index (χ4n) is 4.57. The third-order valence-corrected chi connectivity index (χ3v) is 6.59. The number of amides is 1. The number of aromatic amines is 1. The second kappa shape index (κ2) is 10.6. The highest BCUT2D eigenvalue weighted by Gasteiger charge is 2.24. The fraction of sp³-hybridized carbons (Fsp3) is 0.167. The molecule has 1 amide bonds. The molecule has 7 heteroatoms. The number of carbonyl (C=O) groups excluding carboxylic acids is 2. The van der Waals surface area contributed by atoms with E-state index in [0.717, 1.165) is 39.6 Å². The molecule has 7 nitrogen and oxygen atoms in total. The highest BCUT2D eigenvalue weighted by Crippen LogP contribution is 2.28. The Morgan fingerprint density at radius 1 is 1.00 bits per heavy atom. The molecule has 0 aliphatic heterocycles. The molecule has 186 valence electrons. The molecule has 0 saturated heterocycles. The Kier molecular flexibility index (Phi) is 6.96. The number of rotatable bonds is 9. The number of nitrogens with zero attached hydrogens (tertiary/aromatic N) is 2. The molecule has 0 radical (unpaired) electrons. The quantitative estimate of drug-likeness (QED) is 0.261. The average Bonchev–Trinajstić information content (AvgIpc) is 3.57. The van der Waals surface area contributed by atoms with Crippen LogP contribution in [0.15, 0.2) is 91.4 Å². The molecule has 0 saturated carbocycles. The van der Waals surface area contributed by atoms with Gasteiger partial charge in [-0.25, -0.2) is 0 Å². The van der Waals surface area contributed by atoms with Gasteiger partial charge in [0.15, 0.2) is 5.78 Å². The molecule has 2 heterocycles. The van der Waals surface area contributed by atoms with E-state index in [-0.39, 0.29) is 11.7 Å². The normalized spacial score (nSPS) is 11.9. The van der Waals surface area contributed by atoms with E-state index >= 15 is 0 Å². The van der Waals surface area contributed by atoms with Crippen LogP contribution in [0.5, 0.6) is 0 Å². The third-order valence-electron chi connectivity index (χ3n) is 6.59. The lowest BCUT2D eigenvalue weighted by Crippen LogP contribution is -2.30. The van der Waals surface area contributed by atoms with Gasteiger partial charge in [0, 0.05) is 60.6 Å². The van der Waals surface area contributed by atoms with Crippen molar-refractivity contribution in [3.8, 4) is 11.1 Å². The maximum atomic E-state index is 13.8. The number of carbonyl (C=O) groups is 2. The molecule has 3 aromatic carbocycles. The van der Waals surface area contributed by atoms with Crippen molar-refractivity contribution in [1.29, 1.82) is 0 Å². The van der Waals surface area contributed by atoms with E-state index < -0.39 is 6.04 Å². The van der Waals surface area contributed by atoms with Crippen LogP contribution in [0.25, 0.3) is 22.0 Å². The Morgan fingerprint density at radius 3 is 2.49 bits per heavy atom. The minimum Gasteiger partial charge on any atom is -0.360 e. The van der Waals surface area contributed by atoms with Crippen molar-refractivity contribution in [2.75, 3.05) is 13.6 Å². The summed E-state index contributed by atoms with van der Waals surface area (Å²) in [6, 6.07) is 22.9. The third kappa shape index (κ3) is 5.22.